The summed E-state index contributed by atoms with van der Waals surface area (Å²) in [5.74, 6) is 2.73. The number of benzene rings is 2. The second kappa shape index (κ2) is 14.3. The summed E-state index contributed by atoms with van der Waals surface area (Å²) >= 11 is 1.63. The zero-order chi connectivity index (χ0) is 28.5. The standard InChI is InChI=1S/C31H41N5O3S/c1-6-9-11-17-39-25-16-15-23(20-26(25)38-8-3)28-27(29(37)33-24-14-12-13-21(4)19-24)22(5)32-30-34-31(35-36(28)30)40-18-10-7-2/h12-16,19-20,28H,6-11,17-18H2,1-5H3,(H,33,37)(H,32,34,35). The number of allylic oxidation sites excluding steroid dienone is 1. The molecule has 2 N–H and O–H groups in total. The van der Waals surface area contributed by atoms with E-state index >= 15 is 0 Å². The average molecular weight is 564 g/mol. The van der Waals surface area contributed by atoms with Crippen LogP contribution in [0.1, 0.15) is 77.0 Å². The first-order chi connectivity index (χ1) is 19.4. The second-order valence-corrected chi connectivity index (χ2v) is 11.0. The fourth-order valence-corrected chi connectivity index (χ4v) is 5.55. The maximum atomic E-state index is 13.8. The summed E-state index contributed by atoms with van der Waals surface area (Å²) in [6, 6.07) is 13.2. The fourth-order valence-electron chi connectivity index (χ4n) is 4.64. The van der Waals surface area contributed by atoms with E-state index in [0.29, 0.717) is 41.4 Å². The summed E-state index contributed by atoms with van der Waals surface area (Å²) in [6.45, 7) is 11.4. The summed E-state index contributed by atoms with van der Waals surface area (Å²) in [7, 11) is 0. The number of hydrogen-bond acceptors (Lipinski definition) is 7. The molecule has 1 unspecified atom stereocenters. The highest BCUT2D eigenvalue weighted by atomic mass is 32.2. The van der Waals surface area contributed by atoms with Gasteiger partial charge in [0.1, 0.15) is 6.04 Å². The molecule has 0 saturated carbocycles. The smallest absolute Gasteiger partial charge is 0.255 e. The Morgan fingerprint density at radius 1 is 1.02 bits per heavy atom. The summed E-state index contributed by atoms with van der Waals surface area (Å²) < 4.78 is 13.9. The van der Waals surface area contributed by atoms with Crippen LogP contribution in [0.2, 0.25) is 0 Å². The van der Waals surface area contributed by atoms with Gasteiger partial charge in [-0.05, 0) is 69.0 Å². The number of fused-ring (bicyclic) bond motifs is 1. The number of rotatable bonds is 14. The molecule has 0 saturated heterocycles. The number of aryl methyl sites for hydroxylation is 1. The van der Waals surface area contributed by atoms with E-state index in [-0.39, 0.29) is 5.91 Å². The summed E-state index contributed by atoms with van der Waals surface area (Å²) in [4.78, 5) is 18.6. The Labute approximate surface area is 241 Å². The van der Waals surface area contributed by atoms with Gasteiger partial charge in [-0.3, -0.25) is 4.79 Å². The molecule has 1 aromatic heterocycles. The van der Waals surface area contributed by atoms with Gasteiger partial charge < -0.3 is 20.1 Å². The monoisotopic (exact) mass is 563 g/mol. The van der Waals surface area contributed by atoms with E-state index in [0.717, 1.165) is 60.4 Å². The minimum Gasteiger partial charge on any atom is -0.490 e. The van der Waals surface area contributed by atoms with Crippen molar-refractivity contribution in [3.8, 4) is 11.5 Å². The van der Waals surface area contributed by atoms with Gasteiger partial charge in [0.15, 0.2) is 11.5 Å². The topological polar surface area (TPSA) is 90.3 Å². The Hall–Kier alpha value is -3.46. The van der Waals surface area contributed by atoms with E-state index in [4.69, 9.17) is 19.6 Å². The highest BCUT2D eigenvalue weighted by molar-refractivity contribution is 7.99. The van der Waals surface area contributed by atoms with Crippen molar-refractivity contribution in [1.82, 2.24) is 14.8 Å². The predicted molar refractivity (Wildman–Crippen MR) is 163 cm³/mol. The lowest BCUT2D eigenvalue weighted by atomic mass is 9.94. The molecule has 4 rings (SSSR count). The molecule has 2 aromatic carbocycles. The van der Waals surface area contributed by atoms with Crippen LogP contribution in [0.4, 0.5) is 11.6 Å². The Balaban J connectivity index is 1.73. The third-order valence-corrected chi connectivity index (χ3v) is 7.60. The van der Waals surface area contributed by atoms with E-state index in [1.165, 1.54) is 0 Å². The van der Waals surface area contributed by atoms with E-state index in [1.54, 1.807) is 11.8 Å². The van der Waals surface area contributed by atoms with Crippen molar-refractivity contribution < 1.29 is 14.3 Å². The molecule has 0 spiro atoms. The van der Waals surface area contributed by atoms with Crippen molar-refractivity contribution in [3.05, 3.63) is 64.9 Å². The summed E-state index contributed by atoms with van der Waals surface area (Å²) in [6.07, 6.45) is 5.44. The zero-order valence-corrected chi connectivity index (χ0v) is 25.1. The maximum Gasteiger partial charge on any atom is 0.255 e. The number of aromatic nitrogens is 3. The first-order valence-corrected chi connectivity index (χ1v) is 15.3. The Bertz CT molecular complexity index is 1340. The normalized spacial score (nSPS) is 14.5. The molecular weight excluding hydrogens is 522 g/mol. The quantitative estimate of drug-likeness (QED) is 0.156. The van der Waals surface area contributed by atoms with E-state index in [9.17, 15) is 4.79 Å². The number of carbonyl (C=O) groups excluding carboxylic acids is 1. The number of thioether (sulfide) groups is 1. The van der Waals surface area contributed by atoms with Crippen molar-refractivity contribution in [2.45, 2.75) is 77.9 Å². The molecule has 0 radical (unpaired) electrons. The van der Waals surface area contributed by atoms with E-state index in [1.807, 2.05) is 67.9 Å². The molecule has 0 bridgehead atoms. The van der Waals surface area contributed by atoms with Crippen LogP contribution in [-0.4, -0.2) is 39.6 Å². The number of amides is 1. The number of hydrogen-bond donors (Lipinski definition) is 2. The van der Waals surface area contributed by atoms with Crippen LogP contribution >= 0.6 is 11.8 Å². The van der Waals surface area contributed by atoms with Crippen LogP contribution < -0.4 is 20.1 Å². The zero-order valence-electron chi connectivity index (χ0n) is 24.3. The van der Waals surface area contributed by atoms with Gasteiger partial charge in [-0.15, -0.1) is 5.10 Å². The third-order valence-electron chi connectivity index (χ3n) is 6.67. The fraction of sp³-hybridized carbons (Fsp3) is 0.452. The molecule has 1 atom stereocenters. The van der Waals surface area contributed by atoms with Gasteiger partial charge in [0, 0.05) is 17.1 Å². The molecule has 40 heavy (non-hydrogen) atoms. The van der Waals surface area contributed by atoms with E-state index in [2.05, 4.69) is 24.5 Å². The number of carbonyl (C=O) groups is 1. The molecule has 9 heteroatoms. The number of ether oxygens (including phenoxy) is 2. The van der Waals surface area contributed by atoms with Crippen LogP contribution in [0.25, 0.3) is 0 Å². The third kappa shape index (κ3) is 7.18. The first kappa shape index (κ1) is 29.5. The molecule has 1 aliphatic rings. The number of nitrogens with zero attached hydrogens (tertiary/aromatic N) is 3. The van der Waals surface area contributed by atoms with Gasteiger partial charge in [-0.1, -0.05) is 63.1 Å². The molecule has 1 amide bonds. The SMILES string of the molecule is CCCCCOc1ccc(C2C(C(=O)Nc3cccc(C)c3)=C(C)Nc3nc(SCCCC)nn32)cc1OCC. The van der Waals surface area contributed by atoms with Gasteiger partial charge >= 0.3 is 0 Å². The van der Waals surface area contributed by atoms with Crippen LogP contribution in [0.5, 0.6) is 11.5 Å². The lowest BCUT2D eigenvalue weighted by molar-refractivity contribution is -0.113. The molecule has 214 valence electrons. The molecule has 8 nitrogen and oxygen atoms in total. The van der Waals surface area contributed by atoms with Crippen LogP contribution in [0, 0.1) is 6.92 Å². The van der Waals surface area contributed by atoms with Crippen molar-refractivity contribution in [3.63, 3.8) is 0 Å². The number of unbranched alkanes of at least 4 members (excludes halogenated alkanes) is 3. The van der Waals surface area contributed by atoms with Crippen molar-refractivity contribution >= 4 is 29.3 Å². The van der Waals surface area contributed by atoms with Crippen molar-refractivity contribution in [1.29, 1.82) is 0 Å². The second-order valence-electron chi connectivity index (χ2n) is 9.95. The Morgan fingerprint density at radius 2 is 1.85 bits per heavy atom. The molecule has 3 aromatic rings. The Morgan fingerprint density at radius 3 is 2.60 bits per heavy atom. The first-order valence-electron chi connectivity index (χ1n) is 14.3. The van der Waals surface area contributed by atoms with Gasteiger partial charge in [0.05, 0.1) is 18.8 Å². The van der Waals surface area contributed by atoms with Gasteiger partial charge in [-0.25, -0.2) is 4.68 Å². The van der Waals surface area contributed by atoms with Gasteiger partial charge in [-0.2, -0.15) is 4.98 Å². The number of anilines is 2. The minimum atomic E-state index is -0.498. The summed E-state index contributed by atoms with van der Waals surface area (Å²) in [5.41, 5.74) is 4.00. The maximum absolute atomic E-state index is 13.8. The largest absolute Gasteiger partial charge is 0.490 e. The lowest BCUT2D eigenvalue weighted by Crippen LogP contribution is -2.31. The van der Waals surface area contributed by atoms with Gasteiger partial charge in [0.2, 0.25) is 11.1 Å². The molecular formula is C31H41N5O3S. The molecule has 0 fully saturated rings. The van der Waals surface area contributed by atoms with Crippen molar-refractivity contribution in [2.75, 3.05) is 29.6 Å². The van der Waals surface area contributed by atoms with Crippen LogP contribution in [-0.2, 0) is 4.79 Å². The van der Waals surface area contributed by atoms with Gasteiger partial charge in [0.25, 0.3) is 5.91 Å². The Kier molecular flexibility index (Phi) is 10.5. The lowest BCUT2D eigenvalue weighted by Gasteiger charge is -2.29. The van der Waals surface area contributed by atoms with Crippen molar-refractivity contribution in [2.24, 2.45) is 0 Å². The van der Waals surface area contributed by atoms with Crippen LogP contribution in [0.15, 0.2) is 58.9 Å². The highest BCUT2D eigenvalue weighted by Crippen LogP contribution is 2.40. The number of nitrogens with one attached hydrogen (secondary N) is 2. The summed E-state index contributed by atoms with van der Waals surface area (Å²) in [5, 5.41) is 12.0. The minimum absolute atomic E-state index is 0.195. The molecule has 2 heterocycles. The molecule has 1 aliphatic heterocycles. The average Bonchev–Trinajstić information content (AvgIpc) is 3.33. The molecule has 0 aliphatic carbocycles. The predicted octanol–water partition coefficient (Wildman–Crippen LogP) is 7.37. The van der Waals surface area contributed by atoms with E-state index < -0.39 is 6.04 Å². The highest BCUT2D eigenvalue weighted by Gasteiger charge is 2.35. The van der Waals surface area contributed by atoms with Crippen LogP contribution in [0.3, 0.4) is 0 Å².